The SMILES string of the molecule is CC[N+]1(N)N=Cc2c(N)ccc(N)c21. The molecule has 1 heterocycles. The fourth-order valence-corrected chi connectivity index (χ4v) is 1.67. The van der Waals surface area contributed by atoms with Crippen molar-refractivity contribution in [2.45, 2.75) is 6.92 Å². The van der Waals surface area contributed by atoms with E-state index in [1.807, 2.05) is 6.92 Å². The molecule has 0 aromatic heterocycles. The number of anilines is 2. The lowest BCUT2D eigenvalue weighted by Gasteiger charge is -2.22. The van der Waals surface area contributed by atoms with E-state index in [1.165, 1.54) is 0 Å². The van der Waals surface area contributed by atoms with Gasteiger partial charge in [-0.1, -0.05) is 9.80 Å². The van der Waals surface area contributed by atoms with Gasteiger partial charge in [-0.25, -0.2) is 0 Å². The monoisotopic (exact) mass is 192 g/mol. The van der Waals surface area contributed by atoms with Gasteiger partial charge in [0.1, 0.15) is 12.8 Å². The maximum Gasteiger partial charge on any atom is 0.213 e. The second-order valence-electron chi connectivity index (χ2n) is 3.39. The first-order valence-corrected chi connectivity index (χ1v) is 4.49. The molecule has 5 nitrogen and oxygen atoms in total. The molecule has 0 fully saturated rings. The van der Waals surface area contributed by atoms with Crippen molar-refractivity contribution in [3.63, 3.8) is 0 Å². The molecule has 1 atom stereocenters. The molecule has 0 amide bonds. The summed E-state index contributed by atoms with van der Waals surface area (Å²) >= 11 is 0. The van der Waals surface area contributed by atoms with Crippen LogP contribution in [0.25, 0.3) is 0 Å². The molecular weight excluding hydrogens is 178 g/mol. The van der Waals surface area contributed by atoms with Crippen molar-refractivity contribution < 1.29 is 0 Å². The number of fused-ring (bicyclic) bond motifs is 1. The van der Waals surface area contributed by atoms with Crippen LogP contribution in [0, 0.1) is 0 Å². The van der Waals surface area contributed by atoms with Crippen LogP contribution in [0.3, 0.4) is 0 Å². The van der Waals surface area contributed by atoms with Gasteiger partial charge < -0.3 is 11.5 Å². The van der Waals surface area contributed by atoms with Gasteiger partial charge in [-0.05, 0) is 19.1 Å². The van der Waals surface area contributed by atoms with Crippen LogP contribution in [-0.4, -0.2) is 12.8 Å². The Bertz CT molecular complexity index is 412. The molecule has 0 radical (unpaired) electrons. The third kappa shape index (κ3) is 0.997. The number of nitrogen functional groups attached to an aromatic ring is 2. The van der Waals surface area contributed by atoms with Crippen LogP contribution < -0.4 is 22.0 Å². The first kappa shape index (κ1) is 8.98. The van der Waals surface area contributed by atoms with Gasteiger partial charge in [0.15, 0.2) is 0 Å². The number of nitrogens with zero attached hydrogens (tertiary/aromatic N) is 2. The van der Waals surface area contributed by atoms with Crippen LogP contribution in [0.15, 0.2) is 17.2 Å². The number of quaternary nitrogens is 1. The summed E-state index contributed by atoms with van der Waals surface area (Å²) in [6.45, 7) is 2.60. The quantitative estimate of drug-likeness (QED) is 0.342. The first-order valence-electron chi connectivity index (χ1n) is 4.49. The molecule has 1 aromatic carbocycles. The number of nitrogens with two attached hydrogens (primary N) is 3. The highest BCUT2D eigenvalue weighted by atomic mass is 15.8. The van der Waals surface area contributed by atoms with Crippen LogP contribution in [-0.2, 0) is 0 Å². The zero-order valence-electron chi connectivity index (χ0n) is 8.07. The molecule has 0 saturated carbocycles. The Hall–Kier alpha value is -1.59. The van der Waals surface area contributed by atoms with E-state index in [9.17, 15) is 0 Å². The number of benzene rings is 1. The predicted molar refractivity (Wildman–Crippen MR) is 59.4 cm³/mol. The molecule has 1 aliphatic rings. The van der Waals surface area contributed by atoms with Crippen LogP contribution in [0.4, 0.5) is 17.1 Å². The summed E-state index contributed by atoms with van der Waals surface area (Å²) in [7, 11) is 0. The van der Waals surface area contributed by atoms with Crippen LogP contribution in [0.5, 0.6) is 0 Å². The predicted octanol–water partition coefficient (Wildman–Crippen LogP) is 0.399. The second kappa shape index (κ2) is 2.70. The van der Waals surface area contributed by atoms with E-state index in [4.69, 9.17) is 17.3 Å². The highest BCUT2D eigenvalue weighted by Crippen LogP contribution is 2.37. The maximum atomic E-state index is 6.04. The molecule has 0 saturated heterocycles. The normalized spacial score (nSPS) is 23.9. The van der Waals surface area contributed by atoms with Crippen molar-refractivity contribution in [1.82, 2.24) is 4.70 Å². The largest absolute Gasteiger partial charge is 0.398 e. The summed E-state index contributed by atoms with van der Waals surface area (Å²) in [6.07, 6.45) is 1.69. The Morgan fingerprint density at radius 3 is 2.57 bits per heavy atom. The molecule has 1 unspecified atom stereocenters. The third-order valence-electron chi connectivity index (χ3n) is 2.54. The topological polar surface area (TPSA) is 90.4 Å². The summed E-state index contributed by atoms with van der Waals surface area (Å²) in [5.41, 5.74) is 14.6. The molecule has 14 heavy (non-hydrogen) atoms. The minimum Gasteiger partial charge on any atom is -0.398 e. The molecule has 0 aliphatic carbocycles. The smallest absolute Gasteiger partial charge is 0.213 e. The van der Waals surface area contributed by atoms with E-state index in [-0.39, 0.29) is 4.70 Å². The van der Waals surface area contributed by atoms with Crippen molar-refractivity contribution in [1.29, 1.82) is 0 Å². The lowest BCUT2D eigenvalue weighted by molar-refractivity contribution is 0.321. The molecule has 0 spiro atoms. The molecule has 5 heteroatoms. The highest BCUT2D eigenvalue weighted by molar-refractivity contribution is 6.00. The Labute approximate surface area is 82.3 Å². The second-order valence-corrected chi connectivity index (χ2v) is 3.39. The zero-order valence-corrected chi connectivity index (χ0v) is 8.07. The molecular formula is C9H14N5+. The average Bonchev–Trinajstić information content (AvgIpc) is 2.53. The third-order valence-corrected chi connectivity index (χ3v) is 2.54. The molecule has 6 N–H and O–H groups in total. The average molecular weight is 192 g/mol. The summed E-state index contributed by atoms with van der Waals surface area (Å²) in [5.74, 6) is 6.04. The summed E-state index contributed by atoms with van der Waals surface area (Å²) in [4.78, 5) is 0. The van der Waals surface area contributed by atoms with Gasteiger partial charge in [0, 0.05) is 5.69 Å². The lowest BCUT2D eigenvalue weighted by atomic mass is 10.1. The van der Waals surface area contributed by atoms with E-state index < -0.39 is 0 Å². The Kier molecular flexibility index (Phi) is 1.73. The molecule has 74 valence electrons. The fraction of sp³-hybridized carbons (Fsp3) is 0.222. The first-order chi connectivity index (χ1) is 6.58. The van der Waals surface area contributed by atoms with Crippen molar-refractivity contribution in [2.75, 3.05) is 18.0 Å². The van der Waals surface area contributed by atoms with Crippen LogP contribution in [0.1, 0.15) is 12.5 Å². The van der Waals surface area contributed by atoms with Crippen LogP contribution in [0.2, 0.25) is 0 Å². The molecule has 0 bridgehead atoms. The van der Waals surface area contributed by atoms with Crippen molar-refractivity contribution in [3.8, 4) is 0 Å². The molecule has 2 rings (SSSR count). The van der Waals surface area contributed by atoms with E-state index in [1.54, 1.807) is 18.3 Å². The minimum absolute atomic E-state index is 0.00773. The number of hydrogen-bond donors (Lipinski definition) is 3. The van der Waals surface area contributed by atoms with Crippen molar-refractivity contribution >= 4 is 23.3 Å². The maximum absolute atomic E-state index is 6.04. The van der Waals surface area contributed by atoms with Gasteiger partial charge in [0.25, 0.3) is 0 Å². The van der Waals surface area contributed by atoms with Crippen molar-refractivity contribution in [3.05, 3.63) is 17.7 Å². The summed E-state index contributed by atoms with van der Waals surface area (Å²) in [6, 6.07) is 3.53. The standard InChI is InChI=1S/C9H14N5/c1-2-14(12)9-6(5-13-14)7(10)3-4-8(9)11/h3-5H,2,10-12H2,1H3/q+1. The van der Waals surface area contributed by atoms with Crippen molar-refractivity contribution in [2.24, 2.45) is 10.9 Å². The Morgan fingerprint density at radius 2 is 1.93 bits per heavy atom. The van der Waals surface area contributed by atoms with E-state index in [0.717, 1.165) is 11.3 Å². The number of hydrogen-bond acceptors (Lipinski definition) is 4. The van der Waals surface area contributed by atoms with Crippen LogP contribution >= 0.6 is 0 Å². The van der Waals surface area contributed by atoms with E-state index in [2.05, 4.69) is 5.10 Å². The summed E-state index contributed by atoms with van der Waals surface area (Å²) < 4.78 is -0.00773. The highest BCUT2D eigenvalue weighted by Gasteiger charge is 2.35. The Balaban J connectivity index is 2.70. The zero-order chi connectivity index (χ0) is 10.3. The van der Waals surface area contributed by atoms with Gasteiger partial charge >= 0.3 is 0 Å². The lowest BCUT2D eigenvalue weighted by Crippen LogP contribution is -2.49. The van der Waals surface area contributed by atoms with Gasteiger partial charge in [-0.15, -0.1) is 5.84 Å². The summed E-state index contributed by atoms with van der Waals surface area (Å²) in [5, 5.41) is 4.21. The van der Waals surface area contributed by atoms with Gasteiger partial charge in [-0.3, -0.25) is 0 Å². The Morgan fingerprint density at radius 1 is 1.29 bits per heavy atom. The van der Waals surface area contributed by atoms with Gasteiger partial charge in [0.05, 0.1) is 11.3 Å². The fourth-order valence-electron chi connectivity index (χ4n) is 1.67. The molecule has 1 aliphatic heterocycles. The number of rotatable bonds is 1. The van der Waals surface area contributed by atoms with E-state index in [0.29, 0.717) is 17.9 Å². The van der Waals surface area contributed by atoms with Gasteiger partial charge in [-0.2, -0.15) is 0 Å². The van der Waals surface area contributed by atoms with Gasteiger partial charge in [0.2, 0.25) is 5.69 Å². The molecule has 1 aromatic rings. The van der Waals surface area contributed by atoms with E-state index >= 15 is 0 Å². The minimum atomic E-state index is -0.00773.